The molecule has 1 aromatic heterocycles. The van der Waals surface area contributed by atoms with Gasteiger partial charge in [0.2, 0.25) is 0 Å². The molecule has 0 radical (unpaired) electrons. The fourth-order valence-electron chi connectivity index (χ4n) is 2.98. The number of nitrogens with zero attached hydrogens (tertiary/aromatic N) is 2. The molecule has 0 saturated heterocycles. The lowest BCUT2D eigenvalue weighted by Gasteiger charge is -2.28. The number of rotatable bonds is 3. The van der Waals surface area contributed by atoms with Crippen LogP contribution in [0.15, 0.2) is 18.7 Å². The first-order valence-electron chi connectivity index (χ1n) is 6.79. The molecule has 2 N–H and O–H groups in total. The third kappa shape index (κ3) is 3.03. The third-order valence-electron chi connectivity index (χ3n) is 4.07. The fourth-order valence-corrected chi connectivity index (χ4v) is 2.98. The Balaban J connectivity index is 2.06. The van der Waals surface area contributed by atoms with E-state index in [4.69, 9.17) is 5.73 Å². The van der Waals surface area contributed by atoms with Gasteiger partial charge in [-0.2, -0.15) is 0 Å². The van der Waals surface area contributed by atoms with Gasteiger partial charge in [0.25, 0.3) is 0 Å². The molecule has 94 valence electrons. The van der Waals surface area contributed by atoms with Crippen molar-refractivity contribution in [1.82, 2.24) is 9.97 Å². The van der Waals surface area contributed by atoms with Gasteiger partial charge in [-0.25, -0.2) is 9.97 Å². The fraction of sp³-hybridized carbons (Fsp3) is 0.714. The third-order valence-corrected chi connectivity index (χ3v) is 4.07. The number of hydrogen-bond donors (Lipinski definition) is 1. The lowest BCUT2D eigenvalue weighted by molar-refractivity contribution is 0.365. The topological polar surface area (TPSA) is 51.8 Å². The predicted molar refractivity (Wildman–Crippen MR) is 69.4 cm³/mol. The molecule has 1 fully saturated rings. The average Bonchev–Trinajstić information content (AvgIpc) is 2.55. The van der Waals surface area contributed by atoms with Crippen molar-refractivity contribution < 1.29 is 0 Å². The molecule has 2 atom stereocenters. The van der Waals surface area contributed by atoms with Gasteiger partial charge in [-0.05, 0) is 25.2 Å². The maximum atomic E-state index is 6.56. The standard InChI is InChI=1S/C14H23N3/c1-2-4-12-5-3-7-14(15,8-6-12)13-9-16-11-17-10-13/h9-12H,2-8,15H2,1H3. The lowest BCUT2D eigenvalue weighted by Crippen LogP contribution is -2.36. The molecule has 0 aromatic carbocycles. The average molecular weight is 233 g/mol. The number of hydrogen-bond acceptors (Lipinski definition) is 3. The molecule has 0 amide bonds. The summed E-state index contributed by atoms with van der Waals surface area (Å²) >= 11 is 0. The molecular formula is C14H23N3. The molecule has 1 aliphatic rings. The first-order chi connectivity index (χ1) is 8.24. The molecule has 2 unspecified atom stereocenters. The molecule has 3 nitrogen and oxygen atoms in total. The summed E-state index contributed by atoms with van der Waals surface area (Å²) in [4.78, 5) is 8.20. The molecule has 0 bridgehead atoms. The van der Waals surface area contributed by atoms with Crippen molar-refractivity contribution in [2.45, 2.75) is 57.4 Å². The van der Waals surface area contributed by atoms with Crippen LogP contribution in [-0.2, 0) is 5.54 Å². The molecule has 1 aromatic rings. The van der Waals surface area contributed by atoms with Gasteiger partial charge in [0.15, 0.2) is 0 Å². The summed E-state index contributed by atoms with van der Waals surface area (Å²) in [7, 11) is 0. The summed E-state index contributed by atoms with van der Waals surface area (Å²) in [5.74, 6) is 0.870. The first kappa shape index (κ1) is 12.5. The summed E-state index contributed by atoms with van der Waals surface area (Å²) in [5.41, 5.74) is 7.48. The first-order valence-corrected chi connectivity index (χ1v) is 6.79. The molecule has 1 heterocycles. The lowest BCUT2D eigenvalue weighted by atomic mass is 9.85. The largest absolute Gasteiger partial charge is 0.321 e. The highest BCUT2D eigenvalue weighted by atomic mass is 14.8. The van der Waals surface area contributed by atoms with E-state index in [1.165, 1.54) is 32.1 Å². The van der Waals surface area contributed by atoms with Crippen molar-refractivity contribution in [3.05, 3.63) is 24.3 Å². The minimum Gasteiger partial charge on any atom is -0.321 e. The van der Waals surface area contributed by atoms with E-state index in [1.807, 2.05) is 12.4 Å². The van der Waals surface area contributed by atoms with E-state index in [0.29, 0.717) is 0 Å². The van der Waals surface area contributed by atoms with Crippen molar-refractivity contribution in [2.24, 2.45) is 11.7 Å². The van der Waals surface area contributed by atoms with Gasteiger partial charge in [-0.1, -0.05) is 32.6 Å². The highest BCUT2D eigenvalue weighted by Gasteiger charge is 2.31. The van der Waals surface area contributed by atoms with Gasteiger partial charge in [-0.15, -0.1) is 0 Å². The Bertz CT molecular complexity index is 339. The molecular weight excluding hydrogens is 210 g/mol. The smallest absolute Gasteiger partial charge is 0.115 e. The van der Waals surface area contributed by atoms with Crippen LogP contribution in [0, 0.1) is 5.92 Å². The molecule has 0 aliphatic heterocycles. The van der Waals surface area contributed by atoms with Crippen LogP contribution in [0.2, 0.25) is 0 Å². The molecule has 0 spiro atoms. The van der Waals surface area contributed by atoms with Crippen molar-refractivity contribution in [1.29, 1.82) is 0 Å². The molecule has 3 heteroatoms. The van der Waals surface area contributed by atoms with Crippen LogP contribution in [0.3, 0.4) is 0 Å². The van der Waals surface area contributed by atoms with E-state index in [1.54, 1.807) is 6.33 Å². The minimum atomic E-state index is -0.191. The summed E-state index contributed by atoms with van der Waals surface area (Å²) < 4.78 is 0. The second-order valence-corrected chi connectivity index (χ2v) is 5.37. The van der Waals surface area contributed by atoms with Gasteiger partial charge in [0.1, 0.15) is 6.33 Å². The van der Waals surface area contributed by atoms with Gasteiger partial charge in [-0.3, -0.25) is 0 Å². The van der Waals surface area contributed by atoms with Crippen molar-refractivity contribution in [3.8, 4) is 0 Å². The van der Waals surface area contributed by atoms with Crippen LogP contribution in [-0.4, -0.2) is 9.97 Å². The van der Waals surface area contributed by atoms with Gasteiger partial charge >= 0.3 is 0 Å². The van der Waals surface area contributed by atoms with Gasteiger partial charge in [0, 0.05) is 23.5 Å². The minimum absolute atomic E-state index is 0.191. The Kier molecular flexibility index (Phi) is 4.11. The molecule has 1 saturated carbocycles. The quantitative estimate of drug-likeness (QED) is 0.816. The Morgan fingerprint density at radius 3 is 2.76 bits per heavy atom. The zero-order chi connectivity index (χ0) is 12.1. The summed E-state index contributed by atoms with van der Waals surface area (Å²) in [6.07, 6.45) is 13.9. The Morgan fingerprint density at radius 1 is 1.29 bits per heavy atom. The molecule has 1 aliphatic carbocycles. The molecule has 17 heavy (non-hydrogen) atoms. The van der Waals surface area contributed by atoms with Gasteiger partial charge < -0.3 is 5.73 Å². The zero-order valence-electron chi connectivity index (χ0n) is 10.7. The van der Waals surface area contributed by atoms with E-state index >= 15 is 0 Å². The summed E-state index contributed by atoms with van der Waals surface area (Å²) in [6.45, 7) is 2.27. The number of aromatic nitrogens is 2. The SMILES string of the molecule is CCCC1CCCC(N)(c2cncnc2)CC1. The van der Waals surface area contributed by atoms with Crippen LogP contribution < -0.4 is 5.73 Å². The van der Waals surface area contributed by atoms with E-state index in [0.717, 1.165) is 24.3 Å². The van der Waals surface area contributed by atoms with Crippen LogP contribution in [0.4, 0.5) is 0 Å². The van der Waals surface area contributed by atoms with E-state index < -0.39 is 0 Å². The van der Waals surface area contributed by atoms with Crippen LogP contribution in [0.1, 0.15) is 57.4 Å². The second-order valence-electron chi connectivity index (χ2n) is 5.37. The van der Waals surface area contributed by atoms with Crippen molar-refractivity contribution in [3.63, 3.8) is 0 Å². The summed E-state index contributed by atoms with van der Waals surface area (Å²) in [5, 5.41) is 0. The van der Waals surface area contributed by atoms with E-state index in [-0.39, 0.29) is 5.54 Å². The monoisotopic (exact) mass is 233 g/mol. The van der Waals surface area contributed by atoms with Gasteiger partial charge in [0.05, 0.1) is 0 Å². The van der Waals surface area contributed by atoms with Crippen LogP contribution >= 0.6 is 0 Å². The Morgan fingerprint density at radius 2 is 2.06 bits per heavy atom. The second kappa shape index (κ2) is 5.58. The maximum Gasteiger partial charge on any atom is 0.115 e. The summed E-state index contributed by atoms with van der Waals surface area (Å²) in [6, 6.07) is 0. The van der Waals surface area contributed by atoms with Crippen molar-refractivity contribution >= 4 is 0 Å². The van der Waals surface area contributed by atoms with Crippen LogP contribution in [0.5, 0.6) is 0 Å². The predicted octanol–water partition coefficient (Wildman–Crippen LogP) is 3.01. The Labute approximate surface area is 104 Å². The Hall–Kier alpha value is -0.960. The zero-order valence-corrected chi connectivity index (χ0v) is 10.7. The normalized spacial score (nSPS) is 29.9. The van der Waals surface area contributed by atoms with Crippen molar-refractivity contribution in [2.75, 3.05) is 0 Å². The maximum absolute atomic E-state index is 6.56. The van der Waals surface area contributed by atoms with E-state index in [2.05, 4.69) is 16.9 Å². The molecule has 2 rings (SSSR count). The highest BCUT2D eigenvalue weighted by molar-refractivity contribution is 5.17. The highest BCUT2D eigenvalue weighted by Crippen LogP contribution is 2.36. The van der Waals surface area contributed by atoms with Crippen LogP contribution in [0.25, 0.3) is 0 Å². The number of nitrogens with two attached hydrogens (primary N) is 1. The van der Waals surface area contributed by atoms with E-state index in [9.17, 15) is 0 Å².